The molecule has 0 radical (unpaired) electrons. The number of methoxy groups -OCH3 is 1. The lowest BCUT2D eigenvalue weighted by molar-refractivity contribution is -0.137. The van der Waals surface area contributed by atoms with Gasteiger partial charge in [0.05, 0.1) is 35.2 Å². The van der Waals surface area contributed by atoms with Crippen LogP contribution in [-0.4, -0.2) is 29.2 Å². The molecule has 3 fully saturated rings. The molecule has 3 aromatic carbocycles. The number of nitrogens with one attached hydrogen (secondary N) is 1. The Labute approximate surface area is 280 Å². The van der Waals surface area contributed by atoms with Gasteiger partial charge in [-0.25, -0.2) is 4.90 Å². The van der Waals surface area contributed by atoms with E-state index in [0.29, 0.717) is 22.9 Å². The third kappa shape index (κ3) is 4.82. The van der Waals surface area contributed by atoms with Crippen LogP contribution in [0.3, 0.4) is 0 Å². The molecule has 7 atom stereocenters. The maximum atomic E-state index is 14.0. The molecule has 1 aromatic heterocycles. The number of alkyl halides is 3. The van der Waals surface area contributed by atoms with Crippen molar-refractivity contribution >= 4 is 52.2 Å². The SMILES string of the molecule is COc1cc([C@@H]2c3sc(=O)[nH]c3S[C@@H]3[C@@H]4C[C@@H]([C@@H]5C(=O)N(c6ccccc6C(F)(F)F)C(=O)[C@@H]45)[C@@H]23)ccc1OCc1ccc(Cl)cc1. The maximum Gasteiger partial charge on any atom is 0.418 e. The summed E-state index contributed by atoms with van der Waals surface area (Å²) in [7, 11) is 1.55. The highest BCUT2D eigenvalue weighted by Gasteiger charge is 2.70. The summed E-state index contributed by atoms with van der Waals surface area (Å²) in [6.07, 6.45) is -4.12. The van der Waals surface area contributed by atoms with E-state index in [2.05, 4.69) is 4.98 Å². The molecule has 4 aliphatic rings. The first-order chi connectivity index (χ1) is 22.5. The number of carbonyl (C=O) groups excluding carboxylic acids is 2. The van der Waals surface area contributed by atoms with Crippen molar-refractivity contribution in [2.75, 3.05) is 12.0 Å². The predicted molar refractivity (Wildman–Crippen MR) is 171 cm³/mol. The molecule has 2 aliphatic carbocycles. The molecule has 2 saturated carbocycles. The minimum absolute atomic E-state index is 0.120. The van der Waals surface area contributed by atoms with Crippen LogP contribution in [0.2, 0.25) is 5.02 Å². The van der Waals surface area contributed by atoms with Crippen LogP contribution in [0.4, 0.5) is 18.9 Å². The number of anilines is 1. The molecule has 13 heteroatoms. The van der Waals surface area contributed by atoms with Crippen molar-refractivity contribution in [2.24, 2.45) is 29.6 Å². The minimum Gasteiger partial charge on any atom is -0.493 e. The summed E-state index contributed by atoms with van der Waals surface area (Å²) in [5.74, 6) is -2.51. The first kappa shape index (κ1) is 30.6. The van der Waals surface area contributed by atoms with E-state index in [-0.39, 0.29) is 40.4 Å². The van der Waals surface area contributed by atoms with Gasteiger partial charge in [0.1, 0.15) is 6.61 Å². The van der Waals surface area contributed by atoms with E-state index < -0.39 is 41.1 Å². The highest BCUT2D eigenvalue weighted by Crippen LogP contribution is 2.69. The lowest BCUT2D eigenvalue weighted by atomic mass is 9.68. The van der Waals surface area contributed by atoms with E-state index in [0.717, 1.165) is 43.3 Å². The number of halogens is 4. The van der Waals surface area contributed by atoms with Gasteiger partial charge in [0.2, 0.25) is 11.8 Å². The molecular formula is C34H26ClF3N2O5S2. The fraction of sp³-hybridized carbons (Fsp3) is 0.324. The molecule has 7 nitrogen and oxygen atoms in total. The van der Waals surface area contributed by atoms with Gasteiger partial charge in [0.25, 0.3) is 0 Å². The zero-order valence-electron chi connectivity index (χ0n) is 24.6. The summed E-state index contributed by atoms with van der Waals surface area (Å²) in [6, 6.07) is 17.7. The zero-order valence-corrected chi connectivity index (χ0v) is 27.0. The van der Waals surface area contributed by atoms with Crippen molar-refractivity contribution in [2.45, 2.75) is 35.4 Å². The largest absolute Gasteiger partial charge is 0.493 e. The molecule has 0 unspecified atom stereocenters. The third-order valence-corrected chi connectivity index (χ3v) is 12.9. The Morgan fingerprint density at radius 1 is 0.957 bits per heavy atom. The summed E-state index contributed by atoms with van der Waals surface area (Å²) < 4.78 is 53.7. The van der Waals surface area contributed by atoms with Crippen LogP contribution in [0.25, 0.3) is 0 Å². The second-order valence-corrected chi connectivity index (χ2v) is 15.0. The van der Waals surface area contributed by atoms with Crippen LogP contribution in [0, 0.1) is 29.6 Å². The van der Waals surface area contributed by atoms with Crippen LogP contribution in [-0.2, 0) is 22.4 Å². The number of carbonyl (C=O) groups is 2. The highest BCUT2D eigenvalue weighted by atomic mass is 35.5. The Kier molecular flexibility index (Phi) is 7.27. The second kappa shape index (κ2) is 11.2. The van der Waals surface area contributed by atoms with Crippen LogP contribution in [0.1, 0.15) is 33.9 Å². The summed E-state index contributed by atoms with van der Waals surface area (Å²) in [5.41, 5.74) is 0.364. The summed E-state index contributed by atoms with van der Waals surface area (Å²) in [5, 5.41) is 1.24. The van der Waals surface area contributed by atoms with Gasteiger partial charge < -0.3 is 14.5 Å². The van der Waals surface area contributed by atoms with Crippen LogP contribution < -0.4 is 19.2 Å². The van der Waals surface area contributed by atoms with E-state index >= 15 is 0 Å². The first-order valence-electron chi connectivity index (χ1n) is 15.0. The Morgan fingerprint density at radius 3 is 2.40 bits per heavy atom. The van der Waals surface area contributed by atoms with Crippen LogP contribution in [0.15, 0.2) is 76.6 Å². The Morgan fingerprint density at radius 2 is 1.68 bits per heavy atom. The Bertz CT molecular complexity index is 1980. The number of para-hydroxylation sites is 1. The number of rotatable bonds is 6. The topological polar surface area (TPSA) is 88.7 Å². The number of H-pyrrole nitrogens is 1. The van der Waals surface area contributed by atoms with Gasteiger partial charge in [-0.05, 0) is 71.7 Å². The average molecular weight is 699 g/mol. The van der Waals surface area contributed by atoms with Gasteiger partial charge in [-0.1, -0.05) is 53.3 Å². The number of aromatic amines is 1. The average Bonchev–Trinajstić information content (AvgIpc) is 3.79. The summed E-state index contributed by atoms with van der Waals surface area (Å²) in [6.45, 7) is 0.290. The van der Waals surface area contributed by atoms with E-state index in [4.69, 9.17) is 21.1 Å². The minimum atomic E-state index is -4.73. The number of fused-ring (bicyclic) bond motifs is 9. The number of hydrogen-bond donors (Lipinski definition) is 1. The Balaban J connectivity index is 1.15. The van der Waals surface area contributed by atoms with Gasteiger partial charge in [-0.15, -0.1) is 11.8 Å². The van der Waals surface area contributed by atoms with Crippen molar-refractivity contribution in [3.63, 3.8) is 0 Å². The maximum absolute atomic E-state index is 14.0. The van der Waals surface area contributed by atoms with Gasteiger partial charge in [0.15, 0.2) is 11.5 Å². The number of benzene rings is 3. The number of thiazole rings is 1. The van der Waals surface area contributed by atoms with Gasteiger partial charge in [-0.3, -0.25) is 14.4 Å². The number of imide groups is 1. The van der Waals surface area contributed by atoms with Gasteiger partial charge in [-0.2, -0.15) is 13.2 Å². The summed E-state index contributed by atoms with van der Waals surface area (Å²) in [4.78, 5) is 44.9. The molecule has 1 saturated heterocycles. The zero-order chi connectivity index (χ0) is 32.8. The quantitative estimate of drug-likeness (QED) is 0.212. The normalized spacial score (nSPS) is 27.5. The first-order valence-corrected chi connectivity index (χ1v) is 17.1. The molecule has 242 valence electrons. The fourth-order valence-corrected chi connectivity index (χ4v) is 11.3. The molecule has 2 aliphatic heterocycles. The predicted octanol–water partition coefficient (Wildman–Crippen LogP) is 7.37. The molecule has 2 bridgehead atoms. The fourth-order valence-electron chi connectivity index (χ4n) is 8.27. The van der Waals surface area contributed by atoms with E-state index in [1.165, 1.54) is 30.0 Å². The third-order valence-electron chi connectivity index (χ3n) is 10.0. The molecule has 4 aromatic rings. The molecule has 1 N–H and O–H groups in total. The van der Waals surface area contributed by atoms with Crippen LogP contribution in [0.5, 0.6) is 11.5 Å². The monoisotopic (exact) mass is 698 g/mol. The molecule has 0 spiro atoms. The number of nitrogens with zero attached hydrogens (tertiary/aromatic N) is 1. The molecule has 3 heterocycles. The number of ether oxygens (including phenoxy) is 2. The van der Waals surface area contributed by atoms with E-state index in [1.807, 2.05) is 30.3 Å². The lowest BCUT2D eigenvalue weighted by Gasteiger charge is -2.43. The molecular weight excluding hydrogens is 673 g/mol. The van der Waals surface area contributed by atoms with Gasteiger partial charge >= 0.3 is 11.0 Å². The van der Waals surface area contributed by atoms with Crippen molar-refractivity contribution < 1.29 is 32.2 Å². The Hall–Kier alpha value is -3.74. The van der Waals surface area contributed by atoms with Crippen molar-refractivity contribution in [1.29, 1.82) is 0 Å². The lowest BCUT2D eigenvalue weighted by Crippen LogP contribution is -2.42. The number of hydrogen-bond acceptors (Lipinski definition) is 7. The molecule has 8 rings (SSSR count). The number of aromatic nitrogens is 1. The van der Waals surface area contributed by atoms with Crippen molar-refractivity contribution in [3.8, 4) is 11.5 Å². The van der Waals surface area contributed by atoms with Crippen LogP contribution >= 0.6 is 34.7 Å². The molecule has 47 heavy (non-hydrogen) atoms. The standard InChI is InChI=1S/C34H26ClF3N2O5S2/c1-44-23-12-16(8-11-22(23)45-14-15-6-9-17(35)10-7-15)24-25-18-13-19(28(25)46-30-29(24)47-33(43)39-30)27-26(18)31(41)40(32(27)42)21-5-3-2-4-20(21)34(36,37)38/h2-12,18-19,24-28H,13-14H2,1H3,(H,39,43)/t18-,19-,24+,25+,26+,27+,28-/m1/s1. The highest BCUT2D eigenvalue weighted by molar-refractivity contribution is 8.00. The smallest absolute Gasteiger partial charge is 0.418 e. The van der Waals surface area contributed by atoms with E-state index in [1.54, 1.807) is 19.2 Å². The summed E-state index contributed by atoms with van der Waals surface area (Å²) >= 11 is 8.64. The van der Waals surface area contributed by atoms with Crippen molar-refractivity contribution in [3.05, 3.63) is 103 Å². The van der Waals surface area contributed by atoms with Crippen molar-refractivity contribution in [1.82, 2.24) is 4.98 Å². The molecule has 2 amide bonds. The second-order valence-electron chi connectivity index (χ2n) is 12.3. The number of amides is 2. The number of thioether (sulfide) groups is 1. The van der Waals surface area contributed by atoms with E-state index in [9.17, 15) is 27.6 Å². The van der Waals surface area contributed by atoms with Gasteiger partial charge in [0, 0.05) is 21.1 Å².